The van der Waals surface area contributed by atoms with Gasteiger partial charge in [-0.3, -0.25) is 0 Å². The molecule has 0 amide bonds. The molecule has 3 rings (SSSR count). The molecule has 0 saturated carbocycles. The fraction of sp³-hybridized carbons (Fsp3) is 0. The van der Waals surface area contributed by atoms with Crippen molar-refractivity contribution in [2.75, 3.05) is 0 Å². The Bertz CT molecular complexity index is 1250. The van der Waals surface area contributed by atoms with Gasteiger partial charge in [-0.15, -0.1) is 0 Å². The van der Waals surface area contributed by atoms with Crippen LogP contribution in [0.5, 0.6) is 0 Å². The summed E-state index contributed by atoms with van der Waals surface area (Å²) >= 11 is 9.15. The molecule has 0 fully saturated rings. The van der Waals surface area contributed by atoms with E-state index in [4.69, 9.17) is 0 Å². The zero-order valence-corrected chi connectivity index (χ0v) is 24.9. The first kappa shape index (κ1) is 33.4. The van der Waals surface area contributed by atoms with Crippen LogP contribution in [0, 0.1) is 0 Å². The topological polar surface area (TPSA) is 172 Å². The molecule has 0 atom stereocenters. The third-order valence-electron chi connectivity index (χ3n) is 3.25. The normalized spacial score (nSPS) is 11.1. The van der Waals surface area contributed by atoms with E-state index < -0.39 is 30.4 Å². The molecule has 0 aliphatic heterocycles. The van der Waals surface area contributed by atoms with Crippen LogP contribution >= 0.6 is 47.8 Å². The summed E-state index contributed by atoms with van der Waals surface area (Å²) < 4.78 is 95.4. The van der Waals surface area contributed by atoms with Gasteiger partial charge in [-0.2, -0.15) is 0 Å². The maximum atomic E-state index is 10.4. The Hall–Kier alpha value is -0.638. The van der Waals surface area contributed by atoms with Crippen LogP contribution in [0.25, 0.3) is 0 Å². The van der Waals surface area contributed by atoms with Gasteiger partial charge in [0.1, 0.15) is 30.4 Å². The molecular weight excluding hydrogens is 723 g/mol. The van der Waals surface area contributed by atoms with E-state index in [1.54, 1.807) is 18.2 Å². The molecule has 180 valence electrons. The van der Waals surface area contributed by atoms with Crippen molar-refractivity contribution in [3.8, 4) is 0 Å². The molecule has 0 aromatic heterocycles. The summed E-state index contributed by atoms with van der Waals surface area (Å²) in [6.07, 6.45) is 0. The number of halogens is 3. The smallest absolute Gasteiger partial charge is 0.744 e. The first-order chi connectivity index (χ1) is 15.0. The quantitative estimate of drug-likeness (QED) is 0.288. The van der Waals surface area contributed by atoms with Crippen LogP contribution in [0.4, 0.5) is 0 Å². The molecule has 0 unspecified atom stereocenters. The van der Waals surface area contributed by atoms with Crippen LogP contribution in [-0.4, -0.2) is 56.3 Å². The summed E-state index contributed by atoms with van der Waals surface area (Å²) in [7, 11) is -12.9. The van der Waals surface area contributed by atoms with E-state index in [-0.39, 0.29) is 32.0 Å². The summed E-state index contributed by atoms with van der Waals surface area (Å²) in [4.78, 5) is -0.648. The van der Waals surface area contributed by atoms with E-state index in [0.717, 1.165) is 0 Å². The molecule has 0 aliphatic carbocycles. The Morgan fingerprint density at radius 3 is 0.794 bits per heavy atom. The van der Waals surface area contributed by atoms with E-state index in [1.165, 1.54) is 54.6 Å². The van der Waals surface area contributed by atoms with Gasteiger partial charge in [0.2, 0.25) is 0 Å². The second-order valence-corrected chi connectivity index (χ2v) is 12.6. The fourth-order valence-corrected chi connectivity index (χ4v) is 5.07. The Kier molecular flexibility index (Phi) is 13.9. The van der Waals surface area contributed by atoms with Crippen molar-refractivity contribution in [2.45, 2.75) is 14.7 Å². The minimum Gasteiger partial charge on any atom is -0.744 e. The molecule has 34 heavy (non-hydrogen) atoms. The van der Waals surface area contributed by atoms with E-state index in [1.807, 2.05) is 0 Å². The van der Waals surface area contributed by atoms with Crippen molar-refractivity contribution in [1.29, 1.82) is 0 Å². The molecule has 3 aromatic rings. The summed E-state index contributed by atoms with van der Waals surface area (Å²) in [5.41, 5.74) is 0. The first-order valence-electron chi connectivity index (χ1n) is 8.14. The van der Waals surface area contributed by atoms with Crippen molar-refractivity contribution >= 4 is 95.5 Å². The van der Waals surface area contributed by atoms with Gasteiger partial charge in [-0.05, 0) is 54.6 Å². The maximum absolute atomic E-state index is 10.4. The zero-order valence-electron chi connectivity index (χ0n) is 16.5. The van der Waals surface area contributed by atoms with Gasteiger partial charge >= 0.3 is 17.4 Å². The molecule has 0 aliphatic rings. The average Bonchev–Trinajstić information content (AvgIpc) is 2.67. The number of benzene rings is 3. The third-order valence-corrected chi connectivity index (χ3v) is 7.23. The van der Waals surface area contributed by atoms with Crippen molar-refractivity contribution in [3.63, 3.8) is 0 Å². The van der Waals surface area contributed by atoms with E-state index in [0.29, 0.717) is 13.4 Å². The average molecular weight is 735 g/mol. The first-order valence-corrected chi connectivity index (χ1v) is 14.7. The van der Waals surface area contributed by atoms with E-state index in [2.05, 4.69) is 47.8 Å². The third kappa shape index (κ3) is 12.9. The standard InChI is InChI=1S/3C6H5BrO3S.Al/c3*7-5-2-1-3-6(4-5)11(8,9)10;/h3*1-4H,(H,8,9,10);/q;;;+3/p-3. The minimum absolute atomic E-state index is 0. The second kappa shape index (κ2) is 14.2. The predicted octanol–water partition coefficient (Wildman–Crippen LogP) is 3.68. The maximum Gasteiger partial charge on any atom is 3.00 e. The Labute approximate surface area is 233 Å². The molecule has 16 heteroatoms. The Morgan fingerprint density at radius 2 is 0.676 bits per heavy atom. The van der Waals surface area contributed by atoms with Crippen molar-refractivity contribution in [2.24, 2.45) is 0 Å². The van der Waals surface area contributed by atoms with Gasteiger partial charge in [0.05, 0.1) is 14.7 Å². The van der Waals surface area contributed by atoms with Crippen LogP contribution in [0.2, 0.25) is 0 Å². The van der Waals surface area contributed by atoms with Crippen molar-refractivity contribution in [3.05, 3.63) is 86.2 Å². The van der Waals surface area contributed by atoms with Gasteiger partial charge in [-0.1, -0.05) is 66.0 Å². The van der Waals surface area contributed by atoms with Gasteiger partial charge in [0, 0.05) is 13.4 Å². The second-order valence-electron chi connectivity index (χ2n) is 5.73. The molecule has 9 nitrogen and oxygen atoms in total. The Morgan fingerprint density at radius 1 is 0.471 bits per heavy atom. The predicted molar refractivity (Wildman–Crippen MR) is 132 cm³/mol. The summed E-state index contributed by atoms with van der Waals surface area (Å²) in [5, 5.41) is 0. The van der Waals surface area contributed by atoms with Crippen molar-refractivity contribution in [1.82, 2.24) is 0 Å². The van der Waals surface area contributed by atoms with Gasteiger partial charge in [-0.25, -0.2) is 25.3 Å². The monoisotopic (exact) mass is 732 g/mol. The van der Waals surface area contributed by atoms with Gasteiger partial charge in [0.25, 0.3) is 0 Å². The van der Waals surface area contributed by atoms with E-state index in [9.17, 15) is 38.9 Å². The number of hydrogen-bond donors (Lipinski definition) is 0. The van der Waals surface area contributed by atoms with Crippen LogP contribution in [0.1, 0.15) is 0 Å². The molecule has 0 saturated heterocycles. The molecule has 0 bridgehead atoms. The molecule has 3 aromatic carbocycles. The zero-order chi connectivity index (χ0) is 25.4. The molecule has 0 heterocycles. The van der Waals surface area contributed by atoms with Gasteiger partial charge in [0.15, 0.2) is 0 Å². The SMILES string of the molecule is O=S(=O)([O-])c1cccc(Br)c1.O=S(=O)([O-])c1cccc(Br)c1.O=S(=O)([O-])c1cccc(Br)c1.[Al+3]. The van der Waals surface area contributed by atoms with E-state index >= 15 is 0 Å². The minimum atomic E-state index is -4.31. The molecule has 0 N–H and O–H groups in total. The van der Waals surface area contributed by atoms with Crippen LogP contribution < -0.4 is 0 Å². The van der Waals surface area contributed by atoms with Crippen molar-refractivity contribution < 1.29 is 38.9 Å². The summed E-state index contributed by atoms with van der Waals surface area (Å²) in [6.45, 7) is 0. The summed E-state index contributed by atoms with van der Waals surface area (Å²) in [5.74, 6) is 0. The number of rotatable bonds is 3. The van der Waals surface area contributed by atoms with Gasteiger partial charge < -0.3 is 13.7 Å². The van der Waals surface area contributed by atoms with Crippen LogP contribution in [0.15, 0.2) is 101 Å². The Balaban J connectivity index is 0.000000473. The fourth-order valence-electron chi connectivity index (χ4n) is 1.87. The molecule has 0 radical (unpaired) electrons. The molecule has 0 spiro atoms. The summed E-state index contributed by atoms with van der Waals surface area (Å²) in [6, 6.07) is 17.0. The van der Waals surface area contributed by atoms with Crippen LogP contribution in [-0.2, 0) is 30.4 Å². The van der Waals surface area contributed by atoms with Crippen LogP contribution in [0.3, 0.4) is 0 Å². The molecular formula is C18H12AlBr3O9S3. The number of hydrogen-bond acceptors (Lipinski definition) is 9. The largest absolute Gasteiger partial charge is 3.00 e.